The van der Waals surface area contributed by atoms with Crippen LogP contribution in [0.2, 0.25) is 0 Å². The van der Waals surface area contributed by atoms with E-state index in [4.69, 9.17) is 18.9 Å². The molecular weight excluding hydrogens is 524 g/mol. The zero-order valence-corrected chi connectivity index (χ0v) is 24.0. The zero-order chi connectivity index (χ0) is 29.4. The van der Waals surface area contributed by atoms with Crippen LogP contribution in [0.25, 0.3) is 0 Å². The normalized spacial score (nSPS) is 14.0. The van der Waals surface area contributed by atoms with E-state index in [0.29, 0.717) is 25.4 Å². The first-order valence-corrected chi connectivity index (χ1v) is 14.2. The Balaban J connectivity index is 1.60. The predicted octanol–water partition coefficient (Wildman–Crippen LogP) is 7.06. The summed E-state index contributed by atoms with van der Waals surface area (Å²) in [6, 6.07) is 39.7. The van der Waals surface area contributed by atoms with Gasteiger partial charge in [-0.05, 0) is 27.8 Å². The number of hydrogen-bond donors (Lipinski definition) is 1. The molecule has 0 heterocycles. The van der Waals surface area contributed by atoms with Crippen LogP contribution in [-0.2, 0) is 45.4 Å². The van der Waals surface area contributed by atoms with E-state index in [1.54, 1.807) is 0 Å². The first-order valence-electron chi connectivity index (χ1n) is 14.2. The maximum absolute atomic E-state index is 11.2. The van der Waals surface area contributed by atoms with Gasteiger partial charge in [0, 0.05) is 0 Å². The zero-order valence-electron chi connectivity index (χ0n) is 24.0. The van der Waals surface area contributed by atoms with Gasteiger partial charge in [-0.1, -0.05) is 134 Å². The van der Waals surface area contributed by atoms with Crippen LogP contribution in [0.15, 0.2) is 146 Å². The maximum atomic E-state index is 11.2. The minimum atomic E-state index is -1.02. The fraction of sp³-hybridized carbons (Fsp3) is 0.243. The van der Waals surface area contributed by atoms with E-state index in [1.165, 1.54) is 6.08 Å². The Hall–Kier alpha value is -3.84. The van der Waals surface area contributed by atoms with Crippen LogP contribution in [0.4, 0.5) is 0 Å². The second-order valence-electron chi connectivity index (χ2n) is 10.1. The molecular formula is C37H40O5. The molecule has 0 aliphatic heterocycles. The van der Waals surface area contributed by atoms with Gasteiger partial charge >= 0.3 is 0 Å². The smallest absolute Gasteiger partial charge is 0.117 e. The minimum Gasteiger partial charge on any atom is -0.386 e. The van der Waals surface area contributed by atoms with Gasteiger partial charge in [-0.2, -0.15) is 0 Å². The van der Waals surface area contributed by atoms with E-state index in [0.717, 1.165) is 22.3 Å². The fourth-order valence-electron chi connectivity index (χ4n) is 4.57. The third kappa shape index (κ3) is 9.91. The molecule has 1 N–H and O–H groups in total. The van der Waals surface area contributed by atoms with Crippen molar-refractivity contribution in [3.05, 3.63) is 168 Å². The first kappa shape index (κ1) is 31.1. The molecule has 4 aromatic rings. The number of rotatable bonds is 18. The van der Waals surface area contributed by atoms with Crippen LogP contribution in [0.3, 0.4) is 0 Å². The van der Waals surface area contributed by atoms with Gasteiger partial charge in [0.2, 0.25) is 0 Å². The van der Waals surface area contributed by atoms with Crippen LogP contribution >= 0.6 is 0 Å². The predicted molar refractivity (Wildman–Crippen MR) is 166 cm³/mol. The largest absolute Gasteiger partial charge is 0.386 e. The molecule has 4 aromatic carbocycles. The quantitative estimate of drug-likeness (QED) is 0.131. The topological polar surface area (TPSA) is 57.2 Å². The molecule has 0 spiro atoms. The Kier molecular flexibility index (Phi) is 12.7. The highest BCUT2D eigenvalue weighted by molar-refractivity contribution is 5.18. The molecule has 0 aliphatic carbocycles. The van der Waals surface area contributed by atoms with Crippen molar-refractivity contribution in [3.8, 4) is 0 Å². The maximum Gasteiger partial charge on any atom is 0.117 e. The summed E-state index contributed by atoms with van der Waals surface area (Å²) in [6.07, 6.45) is -1.72. The van der Waals surface area contributed by atoms with Crippen LogP contribution in [0.1, 0.15) is 22.3 Å². The lowest BCUT2D eigenvalue weighted by Crippen LogP contribution is -2.49. The highest BCUT2D eigenvalue weighted by atomic mass is 16.6. The summed E-state index contributed by atoms with van der Waals surface area (Å²) >= 11 is 0. The Morgan fingerprint density at radius 3 is 1.38 bits per heavy atom. The van der Waals surface area contributed by atoms with Gasteiger partial charge < -0.3 is 24.1 Å². The molecule has 0 radical (unpaired) electrons. The van der Waals surface area contributed by atoms with Crippen LogP contribution < -0.4 is 0 Å². The average molecular weight is 565 g/mol. The van der Waals surface area contributed by atoms with E-state index < -0.39 is 24.4 Å². The summed E-state index contributed by atoms with van der Waals surface area (Å²) in [5.74, 6) is 0. The molecule has 0 unspecified atom stereocenters. The summed E-state index contributed by atoms with van der Waals surface area (Å²) in [5, 5.41) is 11.2. The number of hydrogen-bond acceptors (Lipinski definition) is 5. The lowest BCUT2D eigenvalue weighted by molar-refractivity contribution is -0.165. The second-order valence-corrected chi connectivity index (χ2v) is 10.1. The minimum absolute atomic E-state index is 0.245. The highest BCUT2D eigenvalue weighted by Gasteiger charge is 2.37. The highest BCUT2D eigenvalue weighted by Crippen LogP contribution is 2.25. The molecule has 0 fully saturated rings. The second kappa shape index (κ2) is 17.2. The Bertz CT molecular complexity index is 1310. The summed E-state index contributed by atoms with van der Waals surface area (Å²) in [5.41, 5.74) is 4.73. The average Bonchev–Trinajstić information content (AvgIpc) is 3.05. The van der Waals surface area contributed by atoms with Gasteiger partial charge in [0.1, 0.15) is 24.4 Å². The molecule has 5 heteroatoms. The lowest BCUT2D eigenvalue weighted by Gasteiger charge is -2.36. The molecule has 0 aromatic heterocycles. The monoisotopic (exact) mass is 564 g/mol. The van der Waals surface area contributed by atoms with E-state index in [-0.39, 0.29) is 13.2 Å². The van der Waals surface area contributed by atoms with Gasteiger partial charge in [0.05, 0.1) is 33.0 Å². The van der Waals surface area contributed by atoms with E-state index >= 15 is 0 Å². The van der Waals surface area contributed by atoms with Gasteiger partial charge in [-0.3, -0.25) is 0 Å². The van der Waals surface area contributed by atoms with Crippen molar-refractivity contribution < 1.29 is 24.1 Å². The van der Waals surface area contributed by atoms with Crippen molar-refractivity contribution in [1.82, 2.24) is 0 Å². The van der Waals surface area contributed by atoms with Gasteiger partial charge in [0.25, 0.3) is 0 Å². The van der Waals surface area contributed by atoms with Crippen molar-refractivity contribution in [1.29, 1.82) is 0 Å². The van der Waals surface area contributed by atoms with Crippen molar-refractivity contribution in [2.24, 2.45) is 0 Å². The molecule has 5 nitrogen and oxygen atoms in total. The van der Waals surface area contributed by atoms with Crippen molar-refractivity contribution in [3.63, 3.8) is 0 Å². The molecule has 0 bridgehead atoms. The van der Waals surface area contributed by atoms with Crippen molar-refractivity contribution in [2.45, 2.75) is 50.8 Å². The number of aliphatic hydroxyl groups excluding tert-OH is 1. The molecule has 4 atom stereocenters. The Morgan fingerprint density at radius 2 is 0.952 bits per heavy atom. The number of ether oxygens (including phenoxy) is 4. The van der Waals surface area contributed by atoms with Crippen molar-refractivity contribution >= 4 is 0 Å². The van der Waals surface area contributed by atoms with Crippen molar-refractivity contribution in [2.75, 3.05) is 6.61 Å². The van der Waals surface area contributed by atoms with Gasteiger partial charge in [-0.15, -0.1) is 6.58 Å². The Labute approximate surface area is 249 Å². The third-order valence-electron chi connectivity index (χ3n) is 6.84. The fourth-order valence-corrected chi connectivity index (χ4v) is 4.57. The lowest BCUT2D eigenvalue weighted by atomic mass is 9.97. The van der Waals surface area contributed by atoms with Gasteiger partial charge in [-0.25, -0.2) is 0 Å². The molecule has 42 heavy (non-hydrogen) atoms. The summed E-state index contributed by atoms with van der Waals surface area (Å²) in [7, 11) is 0. The van der Waals surface area contributed by atoms with Crippen LogP contribution in [0.5, 0.6) is 0 Å². The Morgan fingerprint density at radius 1 is 0.571 bits per heavy atom. The third-order valence-corrected chi connectivity index (χ3v) is 6.84. The molecule has 0 amide bonds. The summed E-state index contributed by atoms with van der Waals surface area (Å²) in [4.78, 5) is 0. The van der Waals surface area contributed by atoms with E-state index in [9.17, 15) is 5.11 Å². The molecule has 4 rings (SSSR count). The number of aliphatic hydroxyl groups is 1. The SMILES string of the molecule is C=C[C@H](O)[C@H](OCc1ccccc1)[C@@H](OCc1ccccc1)[C@@H](OCc1ccccc1)C(=C)COCc1ccccc1. The molecule has 0 saturated carbocycles. The van der Waals surface area contributed by atoms with E-state index in [2.05, 4.69) is 13.2 Å². The molecule has 218 valence electrons. The summed E-state index contributed by atoms with van der Waals surface area (Å²) < 4.78 is 25.5. The summed E-state index contributed by atoms with van der Waals surface area (Å²) in [6.45, 7) is 9.79. The molecule has 0 saturated heterocycles. The van der Waals surface area contributed by atoms with Crippen LogP contribution in [-0.4, -0.2) is 36.1 Å². The van der Waals surface area contributed by atoms with Crippen LogP contribution in [0, 0.1) is 0 Å². The van der Waals surface area contributed by atoms with Gasteiger partial charge in [0.15, 0.2) is 0 Å². The first-order chi connectivity index (χ1) is 20.6. The number of benzene rings is 4. The van der Waals surface area contributed by atoms with E-state index in [1.807, 2.05) is 121 Å². The standard InChI is InChI=1S/C37H40O5/c1-3-34(38)36(41-27-32-20-12-6-13-21-32)37(42-28-33-22-14-7-15-23-33)35(40-26-31-18-10-5-11-19-31)29(2)24-39-25-30-16-8-4-9-17-30/h3-23,34-38H,1-2,24-28H2/t34-,35-,36-,37-/m0/s1. The molecule has 0 aliphatic rings.